The Bertz CT molecular complexity index is 1700. The molecule has 0 bridgehead atoms. The summed E-state index contributed by atoms with van der Waals surface area (Å²) >= 11 is 0. The molecule has 1 unspecified atom stereocenters. The molecule has 4 aromatic carbocycles. The number of hydrogen-bond acceptors (Lipinski definition) is 3. The first-order chi connectivity index (χ1) is 19.6. The van der Waals surface area contributed by atoms with E-state index in [4.69, 9.17) is 10.1 Å². The first-order valence-corrected chi connectivity index (χ1v) is 13.6. The van der Waals surface area contributed by atoms with Crippen LogP contribution in [-0.2, 0) is 11.0 Å². The van der Waals surface area contributed by atoms with Crippen LogP contribution in [0.5, 0.6) is 0 Å². The molecule has 0 amide bonds. The molecule has 194 valence electrons. The maximum atomic E-state index is 9.92. The third-order valence-corrected chi connectivity index (χ3v) is 8.13. The third-order valence-electron chi connectivity index (χ3n) is 8.13. The summed E-state index contributed by atoms with van der Waals surface area (Å²) in [5.74, 6) is 0. The van der Waals surface area contributed by atoms with Gasteiger partial charge in [0.2, 0.25) is 0 Å². The molecule has 4 heteroatoms. The number of hydrogen-bond donors (Lipinski definition) is 0. The lowest BCUT2D eigenvalue weighted by atomic mass is 9.77. The number of pyridine rings is 1. The van der Waals surface area contributed by atoms with Crippen molar-refractivity contribution in [3.63, 3.8) is 0 Å². The number of rotatable bonds is 7. The first kappa shape index (κ1) is 25.3. The number of nitrogens with zero attached hydrogens (tertiary/aromatic N) is 4. The van der Waals surface area contributed by atoms with Crippen molar-refractivity contribution in [3.05, 3.63) is 156 Å². The number of fused-ring (bicyclic) bond motifs is 1. The summed E-state index contributed by atoms with van der Waals surface area (Å²) in [7, 11) is 0. The van der Waals surface area contributed by atoms with Gasteiger partial charge >= 0.3 is 0 Å². The van der Waals surface area contributed by atoms with Crippen LogP contribution in [0.4, 0.5) is 0 Å². The van der Waals surface area contributed by atoms with Crippen molar-refractivity contribution in [1.29, 1.82) is 5.26 Å². The average molecular weight is 519 g/mol. The molecule has 2 aromatic heterocycles. The first-order valence-electron chi connectivity index (χ1n) is 13.6. The zero-order valence-corrected chi connectivity index (χ0v) is 22.7. The SMILES string of the molecule is CCC(C)(C#N)c1cccc(-c2ccnc3c2cnn3C(c2ccccc2)(c2ccccc2)c2ccccc2)c1. The van der Waals surface area contributed by atoms with Crippen LogP contribution < -0.4 is 0 Å². The van der Waals surface area contributed by atoms with Crippen molar-refractivity contribution in [2.75, 3.05) is 0 Å². The quantitative estimate of drug-likeness (QED) is 0.201. The smallest absolute Gasteiger partial charge is 0.159 e. The van der Waals surface area contributed by atoms with Gasteiger partial charge in [-0.05, 0) is 58.9 Å². The van der Waals surface area contributed by atoms with E-state index in [1.54, 1.807) is 0 Å². The van der Waals surface area contributed by atoms with Crippen LogP contribution in [0.15, 0.2) is 134 Å². The van der Waals surface area contributed by atoms with E-state index in [1.807, 2.05) is 55.7 Å². The van der Waals surface area contributed by atoms with Gasteiger partial charge in [0.25, 0.3) is 0 Å². The van der Waals surface area contributed by atoms with Gasteiger partial charge in [-0.3, -0.25) is 0 Å². The summed E-state index contributed by atoms with van der Waals surface area (Å²) < 4.78 is 2.07. The van der Waals surface area contributed by atoms with E-state index in [-0.39, 0.29) is 0 Å². The fourth-order valence-corrected chi connectivity index (χ4v) is 5.71. The van der Waals surface area contributed by atoms with Crippen LogP contribution in [0, 0.1) is 11.3 Å². The molecule has 0 radical (unpaired) electrons. The zero-order valence-electron chi connectivity index (χ0n) is 22.7. The van der Waals surface area contributed by atoms with Gasteiger partial charge in [0.1, 0.15) is 5.54 Å². The predicted octanol–water partition coefficient (Wildman–Crippen LogP) is 8.13. The van der Waals surface area contributed by atoms with Gasteiger partial charge in [-0.2, -0.15) is 10.4 Å². The lowest BCUT2D eigenvalue weighted by molar-refractivity contribution is 0.472. The normalized spacial score (nSPS) is 13.0. The Kier molecular flexibility index (Phi) is 6.50. The molecule has 1 atom stereocenters. The Morgan fingerprint density at radius 1 is 0.725 bits per heavy atom. The van der Waals surface area contributed by atoms with Gasteiger partial charge in [0, 0.05) is 11.6 Å². The Balaban J connectivity index is 1.65. The van der Waals surface area contributed by atoms with E-state index in [9.17, 15) is 5.26 Å². The van der Waals surface area contributed by atoms with Crippen LogP contribution in [0.25, 0.3) is 22.2 Å². The monoisotopic (exact) mass is 518 g/mol. The minimum absolute atomic E-state index is 0.546. The van der Waals surface area contributed by atoms with Crippen molar-refractivity contribution < 1.29 is 0 Å². The van der Waals surface area contributed by atoms with Crippen LogP contribution >= 0.6 is 0 Å². The van der Waals surface area contributed by atoms with Gasteiger partial charge in [-0.15, -0.1) is 0 Å². The van der Waals surface area contributed by atoms with E-state index in [0.717, 1.165) is 50.8 Å². The predicted molar refractivity (Wildman–Crippen MR) is 161 cm³/mol. The molecular formula is C36H30N4. The van der Waals surface area contributed by atoms with Gasteiger partial charge < -0.3 is 0 Å². The van der Waals surface area contributed by atoms with E-state index in [1.165, 1.54) is 0 Å². The molecular weight excluding hydrogens is 488 g/mol. The number of nitriles is 1. The molecule has 6 rings (SSSR count). The molecule has 0 aliphatic heterocycles. The molecule has 0 saturated carbocycles. The minimum Gasteiger partial charge on any atom is -0.237 e. The molecule has 0 N–H and O–H groups in total. The Morgan fingerprint density at radius 2 is 1.27 bits per heavy atom. The summed E-state index contributed by atoms with van der Waals surface area (Å²) in [6.45, 7) is 4.06. The lowest BCUT2D eigenvalue weighted by Crippen LogP contribution is -2.38. The summed E-state index contributed by atoms with van der Waals surface area (Å²) in [4.78, 5) is 4.92. The average Bonchev–Trinajstić information content (AvgIpc) is 3.47. The Labute approximate surface area is 235 Å². The minimum atomic E-state index is -0.749. The van der Waals surface area contributed by atoms with Gasteiger partial charge in [-0.25, -0.2) is 9.67 Å². The second kappa shape index (κ2) is 10.3. The molecule has 0 fully saturated rings. The van der Waals surface area contributed by atoms with Crippen LogP contribution in [-0.4, -0.2) is 14.8 Å². The van der Waals surface area contributed by atoms with Gasteiger partial charge in [0.15, 0.2) is 5.65 Å². The van der Waals surface area contributed by atoms with E-state index in [0.29, 0.717) is 0 Å². The lowest BCUT2D eigenvalue weighted by Gasteiger charge is -2.36. The highest BCUT2D eigenvalue weighted by Gasteiger charge is 2.40. The van der Waals surface area contributed by atoms with Crippen molar-refractivity contribution in [2.24, 2.45) is 0 Å². The summed E-state index contributed by atoms with van der Waals surface area (Å²) in [6.07, 6.45) is 4.53. The summed E-state index contributed by atoms with van der Waals surface area (Å²) in [6, 6.07) is 44.4. The van der Waals surface area contributed by atoms with E-state index >= 15 is 0 Å². The van der Waals surface area contributed by atoms with Gasteiger partial charge in [-0.1, -0.05) is 116 Å². The second-order valence-corrected chi connectivity index (χ2v) is 10.3. The standard InChI is InChI=1S/C36H30N4/c1-3-35(2,26-37)31-21-13-14-27(24-31)32-22-23-38-34-33(32)25-39-40(34)36(28-15-7-4-8-16-28,29-17-9-5-10-18-29)30-19-11-6-12-20-30/h4-25H,3H2,1-2H3. The van der Waals surface area contributed by atoms with Crippen molar-refractivity contribution >= 4 is 11.0 Å². The van der Waals surface area contributed by atoms with Crippen molar-refractivity contribution in [3.8, 4) is 17.2 Å². The highest BCUT2D eigenvalue weighted by atomic mass is 15.3. The molecule has 6 aromatic rings. The van der Waals surface area contributed by atoms with Gasteiger partial charge in [0.05, 0.1) is 17.7 Å². The zero-order chi connectivity index (χ0) is 27.6. The van der Waals surface area contributed by atoms with Crippen molar-refractivity contribution in [2.45, 2.75) is 31.2 Å². The van der Waals surface area contributed by atoms with Crippen molar-refractivity contribution in [1.82, 2.24) is 14.8 Å². The summed E-state index contributed by atoms with van der Waals surface area (Å²) in [5, 5.41) is 16.0. The Hall–Kier alpha value is -5.01. The third kappa shape index (κ3) is 3.99. The maximum Gasteiger partial charge on any atom is 0.159 e. The molecule has 0 saturated heterocycles. The fourth-order valence-electron chi connectivity index (χ4n) is 5.71. The molecule has 0 aliphatic carbocycles. The molecule has 40 heavy (non-hydrogen) atoms. The van der Waals surface area contributed by atoms with Crippen LogP contribution in [0.3, 0.4) is 0 Å². The Morgan fingerprint density at radius 3 is 1.80 bits per heavy atom. The number of benzene rings is 4. The highest BCUT2D eigenvalue weighted by Crippen LogP contribution is 2.43. The van der Waals surface area contributed by atoms with E-state index in [2.05, 4.69) is 103 Å². The largest absolute Gasteiger partial charge is 0.237 e. The molecule has 0 aliphatic rings. The highest BCUT2D eigenvalue weighted by molar-refractivity contribution is 5.93. The molecule has 2 heterocycles. The topological polar surface area (TPSA) is 54.5 Å². The second-order valence-electron chi connectivity index (χ2n) is 10.3. The molecule has 4 nitrogen and oxygen atoms in total. The summed E-state index contributed by atoms with van der Waals surface area (Å²) in [5.41, 5.74) is 5.88. The van der Waals surface area contributed by atoms with E-state index < -0.39 is 11.0 Å². The maximum absolute atomic E-state index is 9.92. The molecule has 0 spiro atoms. The fraction of sp³-hybridized carbons (Fsp3) is 0.139. The number of aromatic nitrogens is 3. The van der Waals surface area contributed by atoms with Crippen LogP contribution in [0.2, 0.25) is 0 Å². The van der Waals surface area contributed by atoms with Crippen LogP contribution in [0.1, 0.15) is 42.5 Å².